The Hall–Kier alpha value is -2.10. The Kier molecular flexibility index (Phi) is 3.77. The summed E-state index contributed by atoms with van der Waals surface area (Å²) in [5, 5.41) is 7.71. The SMILES string of the molecule is CC12CC(C=N)C(=Nc3ccc(F)cc3)C=C1CCC2C=O. The van der Waals surface area contributed by atoms with Gasteiger partial charge in [0, 0.05) is 23.8 Å². The molecular formula is C18H19FN2O. The Bertz CT molecular complexity index is 662. The second-order valence-corrected chi connectivity index (χ2v) is 6.36. The highest BCUT2D eigenvalue weighted by atomic mass is 19.1. The van der Waals surface area contributed by atoms with Gasteiger partial charge in [-0.25, -0.2) is 4.39 Å². The fraction of sp³-hybridized carbons (Fsp3) is 0.389. The molecule has 2 aliphatic carbocycles. The number of aliphatic imine (C=N–C) groups is 1. The van der Waals surface area contributed by atoms with Crippen LogP contribution in [0.2, 0.25) is 0 Å². The quantitative estimate of drug-likeness (QED) is 0.662. The zero-order chi connectivity index (χ0) is 15.7. The summed E-state index contributed by atoms with van der Waals surface area (Å²) in [5.41, 5.74) is 2.63. The van der Waals surface area contributed by atoms with Crippen molar-refractivity contribution in [3.63, 3.8) is 0 Å². The van der Waals surface area contributed by atoms with Crippen LogP contribution in [-0.4, -0.2) is 18.2 Å². The molecule has 1 fully saturated rings. The van der Waals surface area contributed by atoms with E-state index in [9.17, 15) is 9.18 Å². The van der Waals surface area contributed by atoms with Crippen molar-refractivity contribution in [1.82, 2.24) is 0 Å². The molecule has 0 amide bonds. The van der Waals surface area contributed by atoms with Gasteiger partial charge in [-0.3, -0.25) is 4.99 Å². The van der Waals surface area contributed by atoms with Crippen LogP contribution in [0.25, 0.3) is 0 Å². The number of hydrogen-bond acceptors (Lipinski definition) is 3. The molecule has 0 aromatic heterocycles. The lowest BCUT2D eigenvalue weighted by Crippen LogP contribution is -2.34. The van der Waals surface area contributed by atoms with Crippen molar-refractivity contribution in [3.05, 3.63) is 41.7 Å². The molecule has 1 saturated carbocycles. The highest BCUT2D eigenvalue weighted by Crippen LogP contribution is 2.52. The van der Waals surface area contributed by atoms with E-state index < -0.39 is 0 Å². The predicted molar refractivity (Wildman–Crippen MR) is 85.4 cm³/mol. The van der Waals surface area contributed by atoms with Gasteiger partial charge in [0.05, 0.1) is 5.69 Å². The van der Waals surface area contributed by atoms with Crippen molar-refractivity contribution in [2.75, 3.05) is 0 Å². The Morgan fingerprint density at radius 2 is 2.09 bits per heavy atom. The van der Waals surface area contributed by atoms with E-state index in [0.717, 1.165) is 31.3 Å². The van der Waals surface area contributed by atoms with Crippen molar-refractivity contribution in [3.8, 4) is 0 Å². The summed E-state index contributed by atoms with van der Waals surface area (Å²) >= 11 is 0. The highest BCUT2D eigenvalue weighted by Gasteiger charge is 2.46. The monoisotopic (exact) mass is 298 g/mol. The predicted octanol–water partition coefficient (Wildman–Crippen LogP) is 4.11. The van der Waals surface area contributed by atoms with E-state index in [0.29, 0.717) is 5.69 Å². The summed E-state index contributed by atoms with van der Waals surface area (Å²) in [4.78, 5) is 15.9. The number of carbonyl (C=O) groups excluding carboxylic acids is 1. The molecule has 3 unspecified atom stereocenters. The lowest BCUT2D eigenvalue weighted by Gasteiger charge is -2.37. The van der Waals surface area contributed by atoms with Crippen LogP contribution in [0.5, 0.6) is 0 Å². The van der Waals surface area contributed by atoms with Crippen LogP contribution < -0.4 is 0 Å². The molecule has 0 aliphatic heterocycles. The first-order valence-electron chi connectivity index (χ1n) is 7.58. The minimum Gasteiger partial charge on any atom is -0.312 e. The molecule has 3 atom stereocenters. The van der Waals surface area contributed by atoms with Gasteiger partial charge in [-0.1, -0.05) is 12.5 Å². The van der Waals surface area contributed by atoms with Gasteiger partial charge in [0.25, 0.3) is 0 Å². The Balaban J connectivity index is 2.00. The molecule has 4 heteroatoms. The van der Waals surface area contributed by atoms with E-state index in [1.807, 2.05) is 6.08 Å². The smallest absolute Gasteiger partial charge is 0.123 e. The number of nitrogens with zero attached hydrogens (tertiary/aromatic N) is 1. The van der Waals surface area contributed by atoms with Crippen molar-refractivity contribution in [2.24, 2.45) is 22.2 Å². The average molecular weight is 298 g/mol. The van der Waals surface area contributed by atoms with Crippen molar-refractivity contribution < 1.29 is 9.18 Å². The van der Waals surface area contributed by atoms with Crippen LogP contribution in [0.3, 0.4) is 0 Å². The lowest BCUT2D eigenvalue weighted by atomic mass is 9.67. The Morgan fingerprint density at radius 3 is 2.73 bits per heavy atom. The molecule has 22 heavy (non-hydrogen) atoms. The number of benzene rings is 1. The minimum atomic E-state index is -0.285. The van der Waals surface area contributed by atoms with E-state index in [-0.39, 0.29) is 23.1 Å². The average Bonchev–Trinajstić information content (AvgIpc) is 2.84. The molecule has 1 aromatic carbocycles. The molecular weight excluding hydrogens is 279 g/mol. The van der Waals surface area contributed by atoms with Crippen molar-refractivity contribution in [1.29, 1.82) is 5.41 Å². The van der Waals surface area contributed by atoms with Gasteiger partial charge in [0.1, 0.15) is 12.1 Å². The van der Waals surface area contributed by atoms with Gasteiger partial charge in [0.2, 0.25) is 0 Å². The number of aldehydes is 1. The summed E-state index contributed by atoms with van der Waals surface area (Å²) in [5.74, 6) is -0.348. The van der Waals surface area contributed by atoms with Crippen LogP contribution in [0.1, 0.15) is 26.2 Å². The molecule has 0 spiro atoms. The zero-order valence-corrected chi connectivity index (χ0v) is 12.6. The third-order valence-electron chi connectivity index (χ3n) is 5.07. The summed E-state index contributed by atoms with van der Waals surface area (Å²) in [7, 11) is 0. The third-order valence-corrected chi connectivity index (χ3v) is 5.07. The summed E-state index contributed by atoms with van der Waals surface area (Å²) in [6, 6.07) is 6.05. The van der Waals surface area contributed by atoms with Gasteiger partial charge < -0.3 is 10.2 Å². The first kappa shape index (κ1) is 14.8. The van der Waals surface area contributed by atoms with Gasteiger partial charge in [-0.15, -0.1) is 0 Å². The Morgan fingerprint density at radius 1 is 1.36 bits per heavy atom. The van der Waals surface area contributed by atoms with Crippen LogP contribution in [0, 0.1) is 28.5 Å². The maximum Gasteiger partial charge on any atom is 0.123 e. The number of fused-ring (bicyclic) bond motifs is 1. The standard InChI is InChI=1S/C18H19FN2O/c1-18-9-12(10-20)17(8-13(18)2-3-14(18)11-22)21-16-6-4-15(19)5-7-16/h4-8,10-12,14,20H,2-3,9H2,1H3. The first-order valence-corrected chi connectivity index (χ1v) is 7.58. The summed E-state index contributed by atoms with van der Waals surface area (Å²) < 4.78 is 13.0. The van der Waals surface area contributed by atoms with Crippen molar-refractivity contribution >= 4 is 23.9 Å². The zero-order valence-electron chi connectivity index (χ0n) is 12.6. The summed E-state index contributed by atoms with van der Waals surface area (Å²) in [6.45, 7) is 2.12. The lowest BCUT2D eigenvalue weighted by molar-refractivity contribution is -0.113. The number of nitrogens with one attached hydrogen (secondary N) is 1. The van der Waals surface area contributed by atoms with E-state index in [2.05, 4.69) is 11.9 Å². The summed E-state index contributed by atoms with van der Waals surface area (Å²) in [6.07, 6.45) is 7.04. The van der Waals surface area contributed by atoms with Gasteiger partial charge in [-0.05, 0) is 55.0 Å². The number of rotatable bonds is 3. The molecule has 0 radical (unpaired) electrons. The number of allylic oxidation sites excluding steroid dienone is 2. The number of hydrogen-bond donors (Lipinski definition) is 1. The normalized spacial score (nSPS) is 32.5. The molecule has 0 bridgehead atoms. The van der Waals surface area contributed by atoms with E-state index in [4.69, 9.17) is 5.41 Å². The molecule has 0 heterocycles. The fourth-order valence-electron chi connectivity index (χ4n) is 3.66. The Labute approximate surface area is 129 Å². The molecule has 2 aliphatic rings. The van der Waals surface area contributed by atoms with Gasteiger partial charge >= 0.3 is 0 Å². The molecule has 114 valence electrons. The largest absolute Gasteiger partial charge is 0.312 e. The van der Waals surface area contributed by atoms with E-state index in [1.165, 1.54) is 23.9 Å². The van der Waals surface area contributed by atoms with Crippen molar-refractivity contribution in [2.45, 2.75) is 26.2 Å². The molecule has 1 aromatic rings. The number of halogens is 1. The van der Waals surface area contributed by atoms with Gasteiger partial charge in [-0.2, -0.15) is 0 Å². The molecule has 1 N–H and O–H groups in total. The second-order valence-electron chi connectivity index (χ2n) is 6.36. The minimum absolute atomic E-state index is 0.0357. The fourth-order valence-corrected chi connectivity index (χ4v) is 3.66. The molecule has 0 saturated heterocycles. The topological polar surface area (TPSA) is 53.3 Å². The van der Waals surface area contributed by atoms with E-state index >= 15 is 0 Å². The van der Waals surface area contributed by atoms with Gasteiger partial charge in [0.15, 0.2) is 0 Å². The third kappa shape index (κ3) is 2.43. The second kappa shape index (κ2) is 5.59. The molecule has 3 rings (SSSR count). The maximum atomic E-state index is 13.0. The van der Waals surface area contributed by atoms with Crippen LogP contribution >= 0.6 is 0 Å². The van der Waals surface area contributed by atoms with E-state index in [1.54, 1.807) is 12.1 Å². The molecule has 3 nitrogen and oxygen atoms in total. The van der Waals surface area contributed by atoms with Crippen LogP contribution in [-0.2, 0) is 4.79 Å². The van der Waals surface area contributed by atoms with Crippen LogP contribution in [0.4, 0.5) is 10.1 Å². The van der Waals surface area contributed by atoms with Crippen LogP contribution in [0.15, 0.2) is 40.9 Å². The maximum absolute atomic E-state index is 13.0. The number of carbonyl (C=O) groups is 1. The first-order chi connectivity index (χ1) is 10.6. The highest BCUT2D eigenvalue weighted by molar-refractivity contribution is 6.08.